The number of benzene rings is 1. The number of rotatable bonds is 2. The molecule has 0 aliphatic rings. The third-order valence-electron chi connectivity index (χ3n) is 2.56. The number of pyridine rings is 1. The van der Waals surface area contributed by atoms with Crippen molar-refractivity contribution in [1.29, 1.82) is 0 Å². The van der Waals surface area contributed by atoms with E-state index in [2.05, 4.69) is 15.3 Å². The number of aromatic nitrogens is 2. The van der Waals surface area contributed by atoms with Crippen LogP contribution >= 0.6 is 0 Å². The Bertz CT molecular complexity index is 627. The fourth-order valence-corrected chi connectivity index (χ4v) is 1.70. The molecule has 3 rings (SSSR count). The van der Waals surface area contributed by atoms with Gasteiger partial charge >= 0.3 is 0 Å². The van der Waals surface area contributed by atoms with Gasteiger partial charge in [-0.05, 0) is 30.3 Å². The normalized spacial score (nSPS) is 10.6. The molecule has 0 spiro atoms. The average molecular weight is 225 g/mol. The Morgan fingerprint density at radius 3 is 2.94 bits per heavy atom. The first-order chi connectivity index (χ1) is 8.36. The lowest BCUT2D eigenvalue weighted by Gasteiger charge is -2.00. The van der Waals surface area contributed by atoms with Gasteiger partial charge in [-0.15, -0.1) is 0 Å². The van der Waals surface area contributed by atoms with Crippen LogP contribution in [0.15, 0.2) is 47.0 Å². The summed E-state index contributed by atoms with van der Waals surface area (Å²) in [4.78, 5) is 8.50. The van der Waals surface area contributed by atoms with Gasteiger partial charge in [-0.2, -0.15) is 4.98 Å². The number of hydrogen-bond acceptors (Lipinski definition) is 4. The molecule has 4 heteroatoms. The number of fused-ring (bicyclic) bond motifs is 1. The van der Waals surface area contributed by atoms with Gasteiger partial charge in [0, 0.05) is 24.5 Å². The second kappa shape index (κ2) is 3.90. The molecule has 4 nitrogen and oxygen atoms in total. The van der Waals surface area contributed by atoms with Crippen LogP contribution < -0.4 is 5.32 Å². The molecule has 0 unspecified atom stereocenters. The van der Waals surface area contributed by atoms with Crippen molar-refractivity contribution < 1.29 is 4.42 Å². The monoisotopic (exact) mass is 225 g/mol. The van der Waals surface area contributed by atoms with Crippen LogP contribution in [0.4, 0.5) is 5.69 Å². The zero-order valence-electron chi connectivity index (χ0n) is 9.34. The van der Waals surface area contributed by atoms with Crippen molar-refractivity contribution in [3.63, 3.8) is 0 Å². The van der Waals surface area contributed by atoms with Crippen molar-refractivity contribution in [2.45, 2.75) is 0 Å². The Kier molecular flexibility index (Phi) is 2.26. The van der Waals surface area contributed by atoms with E-state index < -0.39 is 0 Å². The molecular weight excluding hydrogens is 214 g/mol. The minimum atomic E-state index is 0.593. The van der Waals surface area contributed by atoms with E-state index in [0.29, 0.717) is 17.1 Å². The lowest BCUT2D eigenvalue weighted by atomic mass is 10.2. The minimum absolute atomic E-state index is 0.593. The van der Waals surface area contributed by atoms with Gasteiger partial charge in [0.05, 0.1) is 0 Å². The van der Waals surface area contributed by atoms with Gasteiger partial charge in [-0.25, -0.2) is 4.98 Å². The smallest absolute Gasteiger partial charge is 0.228 e. The van der Waals surface area contributed by atoms with E-state index in [-0.39, 0.29) is 0 Å². The topological polar surface area (TPSA) is 51.0 Å². The molecule has 84 valence electrons. The Morgan fingerprint density at radius 1 is 1.18 bits per heavy atom. The molecule has 0 aliphatic carbocycles. The van der Waals surface area contributed by atoms with Gasteiger partial charge in [0.15, 0.2) is 11.2 Å². The first kappa shape index (κ1) is 9.84. The van der Waals surface area contributed by atoms with Crippen LogP contribution in [0.1, 0.15) is 0 Å². The van der Waals surface area contributed by atoms with Crippen molar-refractivity contribution >= 4 is 16.9 Å². The fourth-order valence-electron chi connectivity index (χ4n) is 1.70. The van der Waals surface area contributed by atoms with Crippen molar-refractivity contribution in [3.8, 4) is 11.5 Å². The molecule has 0 radical (unpaired) electrons. The molecule has 17 heavy (non-hydrogen) atoms. The molecule has 0 saturated heterocycles. The van der Waals surface area contributed by atoms with Crippen LogP contribution in [0.5, 0.6) is 0 Å². The Balaban J connectivity index is 2.13. The molecule has 0 amide bonds. The molecule has 0 atom stereocenters. The lowest BCUT2D eigenvalue weighted by Crippen LogP contribution is -1.87. The van der Waals surface area contributed by atoms with Gasteiger partial charge in [0.2, 0.25) is 5.89 Å². The van der Waals surface area contributed by atoms with Crippen molar-refractivity contribution in [2.75, 3.05) is 12.4 Å². The Labute approximate surface area is 98.3 Å². The Morgan fingerprint density at radius 2 is 2.12 bits per heavy atom. The van der Waals surface area contributed by atoms with Crippen LogP contribution in [0.2, 0.25) is 0 Å². The maximum Gasteiger partial charge on any atom is 0.228 e. The highest BCUT2D eigenvalue weighted by Crippen LogP contribution is 2.24. The molecule has 2 heterocycles. The first-order valence-corrected chi connectivity index (χ1v) is 5.36. The summed E-state index contributed by atoms with van der Waals surface area (Å²) in [7, 11) is 1.88. The standard InChI is InChI=1S/C13H11N3O/c1-14-10-5-2-4-9(8-10)13-16-12-11(17-13)6-3-7-15-12/h2-8,14H,1H3. The molecule has 0 bridgehead atoms. The Hall–Kier alpha value is -2.36. The molecule has 0 saturated carbocycles. The van der Waals surface area contributed by atoms with Crippen molar-refractivity contribution in [3.05, 3.63) is 42.6 Å². The molecule has 3 aromatic rings. The summed E-state index contributed by atoms with van der Waals surface area (Å²) < 4.78 is 5.65. The predicted octanol–water partition coefficient (Wildman–Crippen LogP) is 2.93. The summed E-state index contributed by atoms with van der Waals surface area (Å²) in [5.74, 6) is 0.593. The van der Waals surface area contributed by atoms with E-state index in [1.807, 2.05) is 43.4 Å². The third kappa shape index (κ3) is 1.73. The molecule has 1 aromatic carbocycles. The van der Waals surface area contributed by atoms with Gasteiger partial charge in [-0.3, -0.25) is 0 Å². The quantitative estimate of drug-likeness (QED) is 0.728. The number of oxazole rings is 1. The first-order valence-electron chi connectivity index (χ1n) is 5.36. The van der Waals surface area contributed by atoms with Crippen LogP contribution in [0.25, 0.3) is 22.7 Å². The van der Waals surface area contributed by atoms with E-state index in [9.17, 15) is 0 Å². The maximum absolute atomic E-state index is 5.65. The van der Waals surface area contributed by atoms with Crippen LogP contribution in [-0.4, -0.2) is 17.0 Å². The number of nitrogens with one attached hydrogen (secondary N) is 1. The van der Waals surface area contributed by atoms with Crippen LogP contribution in [0.3, 0.4) is 0 Å². The molecule has 0 aliphatic heterocycles. The van der Waals surface area contributed by atoms with E-state index in [0.717, 1.165) is 11.3 Å². The highest BCUT2D eigenvalue weighted by molar-refractivity contribution is 5.72. The second-order valence-electron chi connectivity index (χ2n) is 3.67. The van der Waals surface area contributed by atoms with E-state index in [4.69, 9.17) is 4.42 Å². The summed E-state index contributed by atoms with van der Waals surface area (Å²) in [6.45, 7) is 0. The SMILES string of the molecule is CNc1cccc(-c2nc3ncccc3o2)c1. The molecule has 0 fully saturated rings. The van der Waals surface area contributed by atoms with E-state index in [1.165, 1.54) is 0 Å². The average Bonchev–Trinajstić information content (AvgIpc) is 2.82. The highest BCUT2D eigenvalue weighted by atomic mass is 16.3. The summed E-state index contributed by atoms with van der Waals surface area (Å²) in [6.07, 6.45) is 1.71. The lowest BCUT2D eigenvalue weighted by molar-refractivity contribution is 0.619. The summed E-state index contributed by atoms with van der Waals surface area (Å²) in [6, 6.07) is 11.6. The summed E-state index contributed by atoms with van der Waals surface area (Å²) in [5, 5.41) is 3.09. The van der Waals surface area contributed by atoms with Gasteiger partial charge in [0.25, 0.3) is 0 Å². The zero-order chi connectivity index (χ0) is 11.7. The second-order valence-corrected chi connectivity index (χ2v) is 3.67. The predicted molar refractivity (Wildman–Crippen MR) is 66.8 cm³/mol. The van der Waals surface area contributed by atoms with E-state index >= 15 is 0 Å². The van der Waals surface area contributed by atoms with Crippen LogP contribution in [0, 0.1) is 0 Å². The number of hydrogen-bond donors (Lipinski definition) is 1. The van der Waals surface area contributed by atoms with Gasteiger partial charge < -0.3 is 9.73 Å². The van der Waals surface area contributed by atoms with Crippen molar-refractivity contribution in [2.24, 2.45) is 0 Å². The summed E-state index contributed by atoms with van der Waals surface area (Å²) in [5.41, 5.74) is 3.31. The van der Waals surface area contributed by atoms with Crippen LogP contribution in [-0.2, 0) is 0 Å². The molecular formula is C13H11N3O. The third-order valence-corrected chi connectivity index (χ3v) is 2.56. The minimum Gasteiger partial charge on any atom is -0.434 e. The molecule has 1 N–H and O–H groups in total. The number of anilines is 1. The van der Waals surface area contributed by atoms with Crippen molar-refractivity contribution in [1.82, 2.24) is 9.97 Å². The number of nitrogens with zero attached hydrogens (tertiary/aromatic N) is 2. The van der Waals surface area contributed by atoms with E-state index in [1.54, 1.807) is 6.20 Å². The molecule has 2 aromatic heterocycles. The highest BCUT2D eigenvalue weighted by Gasteiger charge is 2.08. The summed E-state index contributed by atoms with van der Waals surface area (Å²) >= 11 is 0. The van der Waals surface area contributed by atoms with Gasteiger partial charge in [-0.1, -0.05) is 6.07 Å². The largest absolute Gasteiger partial charge is 0.434 e. The van der Waals surface area contributed by atoms with Gasteiger partial charge in [0.1, 0.15) is 0 Å². The maximum atomic E-state index is 5.65. The zero-order valence-corrected chi connectivity index (χ0v) is 9.34. The fraction of sp³-hybridized carbons (Fsp3) is 0.0769.